The lowest BCUT2D eigenvalue weighted by atomic mass is 9.71. The van der Waals surface area contributed by atoms with Crippen LogP contribution in [0.25, 0.3) is 5.78 Å². The highest BCUT2D eigenvalue weighted by atomic mass is 15.4. The molecule has 3 aliphatic rings. The fourth-order valence-electron chi connectivity index (χ4n) is 3.43. The lowest BCUT2D eigenvalue weighted by Gasteiger charge is -2.48. The van der Waals surface area contributed by atoms with E-state index in [-0.39, 0.29) is 0 Å². The summed E-state index contributed by atoms with van der Waals surface area (Å²) >= 11 is 0. The standard InChI is InChI=1S/C13H17N5/c1-8-9(2)16-13-14-7-15-18(13)12(8)17-5-10-3-11(4-10)6-17/h7,10-11H,3-6H2,1-2H3. The fourth-order valence-corrected chi connectivity index (χ4v) is 3.43. The van der Waals surface area contributed by atoms with Crippen LogP contribution < -0.4 is 4.90 Å². The van der Waals surface area contributed by atoms with E-state index in [1.54, 1.807) is 6.33 Å². The summed E-state index contributed by atoms with van der Waals surface area (Å²) in [5, 5.41) is 4.34. The van der Waals surface area contributed by atoms with Gasteiger partial charge in [-0.25, -0.2) is 4.98 Å². The summed E-state index contributed by atoms with van der Waals surface area (Å²) in [4.78, 5) is 11.2. The molecule has 0 N–H and O–H groups in total. The molecule has 5 nitrogen and oxygen atoms in total. The first-order chi connectivity index (χ1) is 8.72. The van der Waals surface area contributed by atoms with Gasteiger partial charge in [0, 0.05) is 24.3 Å². The predicted molar refractivity (Wildman–Crippen MR) is 68.7 cm³/mol. The first-order valence-corrected chi connectivity index (χ1v) is 6.64. The van der Waals surface area contributed by atoms with E-state index in [0.29, 0.717) is 5.78 Å². The zero-order chi connectivity index (χ0) is 12.3. The molecule has 2 saturated heterocycles. The molecule has 2 aliphatic heterocycles. The van der Waals surface area contributed by atoms with E-state index in [0.717, 1.165) is 30.6 Å². The highest BCUT2D eigenvalue weighted by Gasteiger charge is 2.38. The van der Waals surface area contributed by atoms with E-state index in [4.69, 9.17) is 0 Å². The van der Waals surface area contributed by atoms with Crippen LogP contribution in [0.1, 0.15) is 24.1 Å². The summed E-state index contributed by atoms with van der Waals surface area (Å²) < 4.78 is 1.90. The van der Waals surface area contributed by atoms with Gasteiger partial charge in [-0.2, -0.15) is 14.6 Å². The monoisotopic (exact) mass is 243 g/mol. The van der Waals surface area contributed by atoms with Crippen LogP contribution in [0.4, 0.5) is 5.82 Å². The van der Waals surface area contributed by atoms with Crippen molar-refractivity contribution in [1.82, 2.24) is 19.6 Å². The highest BCUT2D eigenvalue weighted by Crippen LogP contribution is 2.41. The Bertz CT molecular complexity index is 601. The normalized spacial score (nSPS) is 26.4. The minimum Gasteiger partial charge on any atom is -0.356 e. The van der Waals surface area contributed by atoms with Gasteiger partial charge in [0.05, 0.1) is 0 Å². The van der Waals surface area contributed by atoms with Crippen LogP contribution in [0.15, 0.2) is 6.33 Å². The first kappa shape index (κ1) is 10.3. The molecule has 5 rings (SSSR count). The van der Waals surface area contributed by atoms with Crippen LogP contribution in [-0.2, 0) is 0 Å². The molecule has 2 aromatic rings. The summed E-state index contributed by atoms with van der Waals surface area (Å²) in [7, 11) is 0. The fraction of sp³-hybridized carbons (Fsp3) is 0.615. The third-order valence-corrected chi connectivity index (χ3v) is 4.47. The van der Waals surface area contributed by atoms with E-state index in [9.17, 15) is 0 Å². The zero-order valence-corrected chi connectivity index (χ0v) is 10.8. The largest absolute Gasteiger partial charge is 0.356 e. The average molecular weight is 243 g/mol. The number of hydrogen-bond donors (Lipinski definition) is 0. The second kappa shape index (κ2) is 3.43. The van der Waals surface area contributed by atoms with Gasteiger partial charge in [-0.05, 0) is 38.5 Å². The Kier molecular flexibility index (Phi) is 1.96. The molecule has 18 heavy (non-hydrogen) atoms. The maximum absolute atomic E-state index is 4.48. The van der Waals surface area contributed by atoms with Gasteiger partial charge in [0.25, 0.3) is 5.78 Å². The molecule has 2 bridgehead atoms. The first-order valence-electron chi connectivity index (χ1n) is 6.64. The van der Waals surface area contributed by atoms with Gasteiger partial charge in [0.15, 0.2) is 0 Å². The molecular weight excluding hydrogens is 226 g/mol. The lowest BCUT2D eigenvalue weighted by molar-refractivity contribution is 0.157. The third-order valence-electron chi connectivity index (χ3n) is 4.47. The molecule has 4 heterocycles. The minimum atomic E-state index is 0.715. The van der Waals surface area contributed by atoms with Crippen molar-refractivity contribution in [1.29, 1.82) is 0 Å². The molecule has 0 spiro atoms. The topological polar surface area (TPSA) is 46.3 Å². The third kappa shape index (κ3) is 1.30. The van der Waals surface area contributed by atoms with Crippen molar-refractivity contribution in [3.63, 3.8) is 0 Å². The average Bonchev–Trinajstić information content (AvgIpc) is 2.77. The predicted octanol–water partition coefficient (Wildman–Crippen LogP) is 1.59. The van der Waals surface area contributed by atoms with E-state index in [1.165, 1.54) is 24.2 Å². The second-order valence-electron chi connectivity index (χ2n) is 5.73. The van der Waals surface area contributed by atoms with E-state index in [2.05, 4.69) is 33.8 Å². The Hall–Kier alpha value is -1.65. The highest BCUT2D eigenvalue weighted by molar-refractivity contribution is 5.54. The Labute approximate surface area is 106 Å². The summed E-state index contributed by atoms with van der Waals surface area (Å²) in [6, 6.07) is 0. The van der Waals surface area contributed by atoms with Gasteiger partial charge in [-0.15, -0.1) is 0 Å². The SMILES string of the molecule is Cc1nc2ncnn2c(N2CC3CC(C3)C2)c1C. The number of aryl methyl sites for hydroxylation is 1. The molecule has 94 valence electrons. The van der Waals surface area contributed by atoms with E-state index in [1.807, 2.05) is 4.52 Å². The van der Waals surface area contributed by atoms with Crippen molar-refractivity contribution in [3.05, 3.63) is 17.6 Å². The minimum absolute atomic E-state index is 0.715. The molecule has 2 aromatic heterocycles. The number of piperidine rings is 2. The zero-order valence-electron chi connectivity index (χ0n) is 10.8. The number of aromatic nitrogens is 4. The number of fused-ring (bicyclic) bond motifs is 3. The van der Waals surface area contributed by atoms with Crippen LogP contribution >= 0.6 is 0 Å². The molecule has 1 aliphatic carbocycles. The summed E-state index contributed by atoms with van der Waals surface area (Å²) in [5.41, 5.74) is 2.29. The van der Waals surface area contributed by atoms with Gasteiger partial charge >= 0.3 is 0 Å². The molecule has 0 amide bonds. The maximum Gasteiger partial charge on any atom is 0.254 e. The van der Waals surface area contributed by atoms with Crippen molar-refractivity contribution in [2.75, 3.05) is 18.0 Å². The maximum atomic E-state index is 4.48. The quantitative estimate of drug-likeness (QED) is 0.763. The molecule has 0 aromatic carbocycles. The summed E-state index contributed by atoms with van der Waals surface area (Å²) in [6.45, 7) is 6.52. The Morgan fingerprint density at radius 1 is 1.17 bits per heavy atom. The van der Waals surface area contributed by atoms with Gasteiger partial charge < -0.3 is 4.90 Å². The number of nitrogens with zero attached hydrogens (tertiary/aromatic N) is 5. The van der Waals surface area contributed by atoms with Crippen LogP contribution in [-0.4, -0.2) is 32.7 Å². The molecule has 5 heteroatoms. The van der Waals surface area contributed by atoms with E-state index < -0.39 is 0 Å². The number of anilines is 1. The molecule has 3 fully saturated rings. The van der Waals surface area contributed by atoms with Crippen molar-refractivity contribution in [2.45, 2.75) is 26.7 Å². The Morgan fingerprint density at radius 3 is 2.61 bits per heavy atom. The molecule has 0 radical (unpaired) electrons. The lowest BCUT2D eigenvalue weighted by Crippen LogP contribution is -2.49. The van der Waals surface area contributed by atoms with Crippen LogP contribution in [0, 0.1) is 25.7 Å². The molecule has 0 unspecified atom stereocenters. The van der Waals surface area contributed by atoms with Crippen molar-refractivity contribution in [2.24, 2.45) is 11.8 Å². The van der Waals surface area contributed by atoms with Crippen molar-refractivity contribution < 1.29 is 0 Å². The van der Waals surface area contributed by atoms with Crippen LogP contribution in [0.5, 0.6) is 0 Å². The van der Waals surface area contributed by atoms with Gasteiger partial charge in [-0.1, -0.05) is 0 Å². The summed E-state index contributed by atoms with van der Waals surface area (Å²) in [5.74, 6) is 3.68. The second-order valence-corrected chi connectivity index (χ2v) is 5.73. The number of hydrogen-bond acceptors (Lipinski definition) is 4. The van der Waals surface area contributed by atoms with E-state index >= 15 is 0 Å². The van der Waals surface area contributed by atoms with Crippen LogP contribution in [0.2, 0.25) is 0 Å². The van der Waals surface area contributed by atoms with Gasteiger partial charge in [0.2, 0.25) is 0 Å². The van der Waals surface area contributed by atoms with Gasteiger partial charge in [-0.3, -0.25) is 0 Å². The molecule has 1 saturated carbocycles. The van der Waals surface area contributed by atoms with Crippen molar-refractivity contribution in [3.8, 4) is 0 Å². The van der Waals surface area contributed by atoms with Crippen molar-refractivity contribution >= 4 is 11.6 Å². The van der Waals surface area contributed by atoms with Gasteiger partial charge in [0.1, 0.15) is 12.1 Å². The molecule has 0 atom stereocenters. The Balaban J connectivity index is 1.87. The van der Waals surface area contributed by atoms with Crippen LogP contribution in [0.3, 0.4) is 0 Å². The smallest absolute Gasteiger partial charge is 0.254 e. The molecular formula is C13H17N5. The Morgan fingerprint density at radius 2 is 1.89 bits per heavy atom. The summed E-state index contributed by atoms with van der Waals surface area (Å²) in [6.07, 6.45) is 4.43. The number of rotatable bonds is 1.